The average molecular weight is 688 g/mol. The summed E-state index contributed by atoms with van der Waals surface area (Å²) >= 11 is 0. The molecule has 51 heavy (non-hydrogen) atoms. The van der Waals surface area contributed by atoms with Crippen molar-refractivity contribution in [3.8, 4) is 22.4 Å². The van der Waals surface area contributed by atoms with Gasteiger partial charge in [0.25, 0.3) is 0 Å². The van der Waals surface area contributed by atoms with Gasteiger partial charge in [-0.05, 0) is 75.9 Å². The molecule has 1 unspecified atom stereocenters. The molecule has 1 spiro atoms. The predicted octanol–water partition coefficient (Wildman–Crippen LogP) is 7.46. The minimum absolute atomic E-state index is 0.0662. The Kier molecular flexibility index (Phi) is 8.98. The minimum atomic E-state index is -0.640. The van der Waals surface area contributed by atoms with E-state index in [2.05, 4.69) is 71.0 Å². The summed E-state index contributed by atoms with van der Waals surface area (Å²) < 4.78 is 16.6. The molecule has 10 heteroatoms. The largest absolute Gasteiger partial charge is 0.453 e. The van der Waals surface area contributed by atoms with Crippen molar-refractivity contribution in [2.45, 2.75) is 76.2 Å². The van der Waals surface area contributed by atoms with Gasteiger partial charge in [-0.1, -0.05) is 62.4 Å². The monoisotopic (exact) mass is 687 g/mol. The zero-order chi connectivity index (χ0) is 35.1. The predicted molar refractivity (Wildman–Crippen MR) is 197 cm³/mol. The fraction of sp³-hybridized carbons (Fsp3) is 0.415. The number of carbonyl (C=O) groups excluding carboxylic acids is 2. The van der Waals surface area contributed by atoms with Crippen LogP contribution in [-0.4, -0.2) is 77.3 Å². The Hall–Kier alpha value is -4.80. The van der Waals surface area contributed by atoms with Gasteiger partial charge in [0.05, 0.1) is 38.3 Å². The summed E-state index contributed by atoms with van der Waals surface area (Å²) in [4.78, 5) is 40.5. The van der Waals surface area contributed by atoms with Crippen molar-refractivity contribution in [3.05, 3.63) is 84.4 Å². The summed E-state index contributed by atoms with van der Waals surface area (Å²) in [5.41, 5.74) is 7.74. The lowest BCUT2D eigenvalue weighted by atomic mass is 9.94. The van der Waals surface area contributed by atoms with E-state index >= 15 is 0 Å². The van der Waals surface area contributed by atoms with Crippen LogP contribution in [0, 0.1) is 5.92 Å². The maximum atomic E-state index is 13.6. The van der Waals surface area contributed by atoms with Gasteiger partial charge in [0.1, 0.15) is 11.9 Å². The second kappa shape index (κ2) is 13.7. The molecule has 3 fully saturated rings. The Bertz CT molecular complexity index is 2010. The first-order chi connectivity index (χ1) is 24.8. The maximum absolute atomic E-state index is 13.6. The number of ether oxygens (including phenoxy) is 3. The molecule has 1 aliphatic carbocycles. The van der Waals surface area contributed by atoms with Crippen molar-refractivity contribution in [3.63, 3.8) is 0 Å². The maximum Gasteiger partial charge on any atom is 0.407 e. The second-order valence-corrected chi connectivity index (χ2v) is 14.6. The summed E-state index contributed by atoms with van der Waals surface area (Å²) in [5, 5.41) is 5.07. The van der Waals surface area contributed by atoms with E-state index in [1.165, 1.54) is 17.9 Å². The van der Waals surface area contributed by atoms with Gasteiger partial charge in [0, 0.05) is 43.6 Å². The highest BCUT2D eigenvalue weighted by Crippen LogP contribution is 2.45. The third-order valence-electron chi connectivity index (χ3n) is 11.0. The van der Waals surface area contributed by atoms with Crippen LogP contribution in [0.4, 0.5) is 4.79 Å². The topological polar surface area (TPSA) is 118 Å². The standard InChI is InChI=1S/C41H45N5O5/c1-25(2)37(45-40(48)49-3)39(47)46-16-4-5-36(46)34-21-33(23-42-34)31-13-12-29-19-28(10-11-30(29)20-31)26-6-8-27(9-7-26)35-24-43-38(44-35)32-14-15-41(22-32)50-17-18-51-41/h6-13,19-20,23-25,32,36-37H,4-5,14-18,21-22H2,1-3H3,(H,43,44)(H,45,48)/t32-,36?,37-/m0/s1. The molecule has 0 bridgehead atoms. The third-order valence-corrected chi connectivity index (χ3v) is 11.0. The number of aliphatic imine (C=N–C) groups is 1. The molecule has 264 valence electrons. The van der Waals surface area contributed by atoms with Crippen LogP contribution in [-0.2, 0) is 19.0 Å². The number of rotatable bonds is 8. The van der Waals surface area contributed by atoms with Crippen molar-refractivity contribution in [1.29, 1.82) is 0 Å². The number of carbonyl (C=O) groups is 2. The Morgan fingerprint density at radius 1 is 0.961 bits per heavy atom. The lowest BCUT2D eigenvalue weighted by molar-refractivity contribution is -0.151. The Morgan fingerprint density at radius 2 is 1.67 bits per heavy atom. The zero-order valence-electron chi connectivity index (χ0n) is 29.5. The van der Waals surface area contributed by atoms with Crippen LogP contribution in [0.3, 0.4) is 0 Å². The van der Waals surface area contributed by atoms with Gasteiger partial charge in [-0.2, -0.15) is 0 Å². The highest BCUT2D eigenvalue weighted by molar-refractivity contribution is 6.04. The molecule has 10 nitrogen and oxygen atoms in total. The van der Waals surface area contributed by atoms with E-state index < -0.39 is 17.9 Å². The minimum Gasteiger partial charge on any atom is -0.453 e. The van der Waals surface area contributed by atoms with Crippen LogP contribution < -0.4 is 5.32 Å². The lowest BCUT2D eigenvalue weighted by Gasteiger charge is -2.31. The normalized spacial score (nSPS) is 21.8. The molecule has 4 aliphatic rings. The van der Waals surface area contributed by atoms with E-state index in [-0.39, 0.29) is 17.9 Å². The first-order valence-electron chi connectivity index (χ1n) is 18.2. The fourth-order valence-corrected chi connectivity index (χ4v) is 8.21. The van der Waals surface area contributed by atoms with E-state index in [4.69, 9.17) is 24.2 Å². The summed E-state index contributed by atoms with van der Waals surface area (Å²) in [5.74, 6) is 0.781. The Morgan fingerprint density at radius 3 is 2.41 bits per heavy atom. The molecule has 1 aromatic heterocycles. The number of amides is 2. The molecule has 2 amide bonds. The van der Waals surface area contributed by atoms with Gasteiger partial charge in [-0.3, -0.25) is 9.79 Å². The number of H-pyrrole nitrogens is 1. The molecule has 2 N–H and O–H groups in total. The Balaban J connectivity index is 0.916. The van der Waals surface area contributed by atoms with E-state index in [1.54, 1.807) is 0 Å². The van der Waals surface area contributed by atoms with Crippen molar-refractivity contribution >= 4 is 34.1 Å². The van der Waals surface area contributed by atoms with Gasteiger partial charge in [-0.15, -0.1) is 0 Å². The van der Waals surface area contributed by atoms with Gasteiger partial charge in [-0.25, -0.2) is 9.78 Å². The highest BCUT2D eigenvalue weighted by Gasteiger charge is 2.45. The number of imidazole rings is 1. The quantitative estimate of drug-likeness (QED) is 0.199. The smallest absolute Gasteiger partial charge is 0.407 e. The number of benzene rings is 3. The zero-order valence-corrected chi connectivity index (χ0v) is 29.5. The summed E-state index contributed by atoms with van der Waals surface area (Å²) in [7, 11) is 1.31. The van der Waals surface area contributed by atoms with Crippen molar-refractivity contribution < 1.29 is 23.8 Å². The third kappa shape index (κ3) is 6.58. The van der Waals surface area contributed by atoms with Crippen molar-refractivity contribution in [2.75, 3.05) is 26.9 Å². The van der Waals surface area contributed by atoms with E-state index in [1.807, 2.05) is 31.1 Å². The molecule has 2 saturated heterocycles. The first kappa shape index (κ1) is 33.3. The lowest BCUT2D eigenvalue weighted by Crippen LogP contribution is -2.53. The number of alkyl carbamates (subject to hydrolysis) is 1. The van der Waals surface area contributed by atoms with E-state index in [0.717, 1.165) is 77.2 Å². The number of aromatic amines is 1. The molecular weight excluding hydrogens is 642 g/mol. The number of nitrogens with zero attached hydrogens (tertiary/aromatic N) is 3. The SMILES string of the molecule is COC(=O)N[C@H](C(=O)N1CCCC1C1=NC=C(c2ccc3cc(-c4ccc(-c5cnc([C@H]6CCC7(C6)OCCO7)[nH]5)cc4)ccc3c2)C1)C(C)C. The highest BCUT2D eigenvalue weighted by atomic mass is 16.7. The molecule has 4 heterocycles. The van der Waals surface area contributed by atoms with Crippen LogP contribution in [0.25, 0.3) is 38.7 Å². The second-order valence-electron chi connectivity index (χ2n) is 14.6. The molecular formula is C41H45N5O5. The first-order valence-corrected chi connectivity index (χ1v) is 18.2. The van der Waals surface area contributed by atoms with Gasteiger partial charge >= 0.3 is 6.09 Å². The number of hydrogen-bond acceptors (Lipinski definition) is 7. The van der Waals surface area contributed by atoms with Crippen LogP contribution in [0.1, 0.15) is 69.7 Å². The van der Waals surface area contributed by atoms with E-state index in [9.17, 15) is 9.59 Å². The average Bonchev–Trinajstić information content (AvgIpc) is 4.01. The number of methoxy groups -OCH3 is 1. The number of likely N-dealkylation sites (tertiary alicyclic amines) is 1. The number of allylic oxidation sites excluding steroid dienone is 1. The molecule has 3 aliphatic heterocycles. The summed E-state index contributed by atoms with van der Waals surface area (Å²) in [6.07, 6.45) is 8.56. The van der Waals surface area contributed by atoms with Crippen LogP contribution in [0.2, 0.25) is 0 Å². The number of hydrogen-bond donors (Lipinski definition) is 2. The number of nitrogens with one attached hydrogen (secondary N) is 2. The van der Waals surface area contributed by atoms with Crippen LogP contribution in [0.5, 0.6) is 0 Å². The van der Waals surface area contributed by atoms with Crippen molar-refractivity contribution in [1.82, 2.24) is 20.2 Å². The van der Waals surface area contributed by atoms with Crippen LogP contribution >= 0.6 is 0 Å². The van der Waals surface area contributed by atoms with Crippen molar-refractivity contribution in [2.24, 2.45) is 10.9 Å². The van der Waals surface area contributed by atoms with Gasteiger partial charge < -0.3 is 29.4 Å². The molecule has 3 atom stereocenters. The molecule has 8 rings (SSSR count). The summed E-state index contributed by atoms with van der Waals surface area (Å²) in [6, 6.07) is 21.1. The fourth-order valence-electron chi connectivity index (χ4n) is 8.21. The number of aromatic nitrogens is 2. The number of fused-ring (bicyclic) bond motifs is 1. The Labute approximate surface area is 298 Å². The molecule has 3 aromatic carbocycles. The molecule has 0 radical (unpaired) electrons. The van der Waals surface area contributed by atoms with Gasteiger partial charge in [0.2, 0.25) is 5.91 Å². The van der Waals surface area contributed by atoms with Gasteiger partial charge in [0.15, 0.2) is 5.79 Å². The summed E-state index contributed by atoms with van der Waals surface area (Å²) in [6.45, 7) is 5.88. The van der Waals surface area contributed by atoms with E-state index in [0.29, 0.717) is 32.1 Å². The molecule has 1 saturated carbocycles. The molecule has 4 aromatic rings. The van der Waals surface area contributed by atoms with Crippen LogP contribution in [0.15, 0.2) is 78.1 Å².